The van der Waals surface area contributed by atoms with Crippen LogP contribution in [0.15, 0.2) is 0 Å². The Morgan fingerprint density at radius 2 is 2.00 bits per heavy atom. The first-order chi connectivity index (χ1) is 7.09. The lowest BCUT2D eigenvalue weighted by Gasteiger charge is -2.13. The quantitative estimate of drug-likeness (QED) is 0.607. The van der Waals surface area contributed by atoms with E-state index in [0.29, 0.717) is 6.04 Å². The van der Waals surface area contributed by atoms with Crippen molar-refractivity contribution in [1.82, 2.24) is 10.6 Å². The van der Waals surface area contributed by atoms with E-state index < -0.39 is 12.0 Å². The van der Waals surface area contributed by atoms with Gasteiger partial charge >= 0.3 is 5.97 Å². The predicted molar refractivity (Wildman–Crippen MR) is 55.5 cm³/mol. The summed E-state index contributed by atoms with van der Waals surface area (Å²) < 4.78 is 0. The molecule has 5 heteroatoms. The minimum atomic E-state index is -1.01. The van der Waals surface area contributed by atoms with Gasteiger partial charge in [0, 0.05) is 6.04 Å². The average Bonchev–Trinajstić information content (AvgIpc) is 2.66. The van der Waals surface area contributed by atoms with E-state index in [-0.39, 0.29) is 12.5 Å². The van der Waals surface area contributed by atoms with Gasteiger partial charge in [-0.3, -0.25) is 9.59 Å². The Morgan fingerprint density at radius 3 is 2.53 bits per heavy atom. The van der Waals surface area contributed by atoms with Crippen LogP contribution in [0.3, 0.4) is 0 Å². The normalized spacial score (nSPS) is 18.7. The molecule has 0 radical (unpaired) electrons. The van der Waals surface area contributed by atoms with E-state index in [1.807, 2.05) is 0 Å². The molecule has 0 saturated heterocycles. The highest BCUT2D eigenvalue weighted by molar-refractivity contribution is 5.84. The zero-order valence-electron chi connectivity index (χ0n) is 8.95. The summed E-state index contributed by atoms with van der Waals surface area (Å²) in [7, 11) is 0. The molecule has 1 atom stereocenters. The van der Waals surface area contributed by atoms with Crippen LogP contribution in [0.2, 0.25) is 0 Å². The third kappa shape index (κ3) is 4.29. The molecule has 0 aromatic rings. The minimum absolute atomic E-state index is 0.211. The molecular weight excluding hydrogens is 196 g/mol. The molecule has 15 heavy (non-hydrogen) atoms. The lowest BCUT2D eigenvalue weighted by Crippen LogP contribution is -2.44. The molecule has 0 heterocycles. The summed E-state index contributed by atoms with van der Waals surface area (Å²) >= 11 is 0. The largest absolute Gasteiger partial charge is 0.480 e. The van der Waals surface area contributed by atoms with Crippen LogP contribution in [-0.4, -0.2) is 35.6 Å². The van der Waals surface area contributed by atoms with Gasteiger partial charge in [-0.05, 0) is 19.8 Å². The van der Waals surface area contributed by atoms with Gasteiger partial charge in [-0.2, -0.15) is 0 Å². The fraction of sp³-hybridized carbons (Fsp3) is 0.800. The maximum absolute atomic E-state index is 11.3. The molecule has 0 aliphatic heterocycles. The smallest absolute Gasteiger partial charge is 0.325 e. The molecule has 0 aromatic heterocycles. The topological polar surface area (TPSA) is 78.4 Å². The van der Waals surface area contributed by atoms with Crippen LogP contribution in [0.5, 0.6) is 0 Å². The Balaban J connectivity index is 2.15. The van der Waals surface area contributed by atoms with E-state index in [4.69, 9.17) is 5.11 Å². The van der Waals surface area contributed by atoms with E-state index in [1.165, 1.54) is 19.8 Å². The van der Waals surface area contributed by atoms with Gasteiger partial charge in [0.2, 0.25) is 5.91 Å². The maximum atomic E-state index is 11.3. The SMILES string of the molecule is CC(NC(=O)CNC1CCCC1)C(=O)O. The summed E-state index contributed by atoms with van der Waals surface area (Å²) in [5.41, 5.74) is 0. The molecule has 3 N–H and O–H groups in total. The number of nitrogens with one attached hydrogen (secondary N) is 2. The van der Waals surface area contributed by atoms with Gasteiger partial charge in [-0.15, -0.1) is 0 Å². The fourth-order valence-electron chi connectivity index (χ4n) is 1.72. The number of hydrogen-bond donors (Lipinski definition) is 3. The Kier molecular flexibility index (Phi) is 4.55. The van der Waals surface area contributed by atoms with Crippen molar-refractivity contribution in [3.63, 3.8) is 0 Å². The van der Waals surface area contributed by atoms with Crippen molar-refractivity contribution in [2.75, 3.05) is 6.54 Å². The highest BCUT2D eigenvalue weighted by Crippen LogP contribution is 2.17. The first kappa shape index (κ1) is 12.0. The second kappa shape index (κ2) is 5.70. The van der Waals surface area contributed by atoms with Crippen molar-refractivity contribution < 1.29 is 14.7 Å². The molecule has 0 aromatic carbocycles. The van der Waals surface area contributed by atoms with Gasteiger partial charge in [-0.25, -0.2) is 0 Å². The zero-order chi connectivity index (χ0) is 11.3. The Morgan fingerprint density at radius 1 is 1.40 bits per heavy atom. The van der Waals surface area contributed by atoms with Crippen molar-refractivity contribution in [3.05, 3.63) is 0 Å². The van der Waals surface area contributed by atoms with Crippen molar-refractivity contribution in [3.8, 4) is 0 Å². The van der Waals surface area contributed by atoms with Gasteiger partial charge in [0.05, 0.1) is 6.54 Å². The zero-order valence-corrected chi connectivity index (χ0v) is 8.95. The molecule has 0 bridgehead atoms. The van der Waals surface area contributed by atoms with E-state index in [9.17, 15) is 9.59 Å². The molecule has 1 aliphatic carbocycles. The standard InChI is InChI=1S/C10H18N2O3/c1-7(10(14)15)12-9(13)6-11-8-4-2-3-5-8/h7-8,11H,2-6H2,1H3,(H,12,13)(H,14,15). The van der Waals surface area contributed by atoms with Crippen molar-refractivity contribution >= 4 is 11.9 Å². The van der Waals surface area contributed by atoms with Gasteiger partial charge in [0.25, 0.3) is 0 Å². The highest BCUT2D eigenvalue weighted by atomic mass is 16.4. The van der Waals surface area contributed by atoms with Crippen LogP contribution in [0.1, 0.15) is 32.6 Å². The number of amides is 1. The fourth-order valence-corrected chi connectivity index (χ4v) is 1.72. The first-order valence-electron chi connectivity index (χ1n) is 5.35. The summed E-state index contributed by atoms with van der Waals surface area (Å²) in [5, 5.41) is 14.1. The predicted octanol–water partition coefficient (Wildman–Crippen LogP) is 0.108. The van der Waals surface area contributed by atoms with Gasteiger partial charge < -0.3 is 15.7 Å². The Labute approximate surface area is 89.2 Å². The Bertz CT molecular complexity index is 237. The molecule has 1 aliphatic rings. The first-order valence-corrected chi connectivity index (χ1v) is 5.35. The number of aliphatic carboxylic acids is 1. The number of carbonyl (C=O) groups is 2. The van der Waals surface area contributed by atoms with Gasteiger partial charge in [0.1, 0.15) is 6.04 Å². The molecular formula is C10H18N2O3. The summed E-state index contributed by atoms with van der Waals surface area (Å²) in [6.45, 7) is 1.66. The van der Waals surface area contributed by atoms with Crippen molar-refractivity contribution in [2.45, 2.75) is 44.7 Å². The van der Waals surface area contributed by atoms with E-state index in [1.54, 1.807) is 0 Å². The van der Waals surface area contributed by atoms with Gasteiger partial charge in [-0.1, -0.05) is 12.8 Å². The molecule has 5 nitrogen and oxygen atoms in total. The van der Waals surface area contributed by atoms with Crippen molar-refractivity contribution in [1.29, 1.82) is 0 Å². The third-order valence-electron chi connectivity index (χ3n) is 2.65. The van der Waals surface area contributed by atoms with E-state index >= 15 is 0 Å². The monoisotopic (exact) mass is 214 g/mol. The maximum Gasteiger partial charge on any atom is 0.325 e. The molecule has 1 fully saturated rings. The number of carboxylic acids is 1. The van der Waals surface area contributed by atoms with Crippen LogP contribution >= 0.6 is 0 Å². The number of carboxylic acid groups (broad SMARTS) is 1. The lowest BCUT2D eigenvalue weighted by molar-refractivity contribution is -0.141. The Hall–Kier alpha value is -1.10. The van der Waals surface area contributed by atoms with Crippen LogP contribution < -0.4 is 10.6 Å². The number of rotatable bonds is 5. The van der Waals surface area contributed by atoms with E-state index in [2.05, 4.69) is 10.6 Å². The van der Waals surface area contributed by atoms with Gasteiger partial charge in [0.15, 0.2) is 0 Å². The van der Waals surface area contributed by atoms with Crippen LogP contribution in [-0.2, 0) is 9.59 Å². The van der Waals surface area contributed by atoms with E-state index in [0.717, 1.165) is 12.8 Å². The summed E-state index contributed by atoms with van der Waals surface area (Å²) in [6.07, 6.45) is 4.65. The third-order valence-corrected chi connectivity index (χ3v) is 2.65. The summed E-state index contributed by atoms with van der Waals surface area (Å²) in [4.78, 5) is 21.7. The summed E-state index contributed by atoms with van der Waals surface area (Å²) in [6, 6.07) is -0.390. The molecule has 1 amide bonds. The molecule has 86 valence electrons. The minimum Gasteiger partial charge on any atom is -0.480 e. The molecule has 1 unspecified atom stereocenters. The highest BCUT2D eigenvalue weighted by Gasteiger charge is 2.17. The average molecular weight is 214 g/mol. The second-order valence-corrected chi connectivity index (χ2v) is 3.99. The second-order valence-electron chi connectivity index (χ2n) is 3.99. The van der Waals surface area contributed by atoms with Crippen LogP contribution in [0.4, 0.5) is 0 Å². The lowest BCUT2D eigenvalue weighted by atomic mass is 10.2. The molecule has 1 saturated carbocycles. The number of hydrogen-bond acceptors (Lipinski definition) is 3. The van der Waals surface area contributed by atoms with Crippen LogP contribution in [0, 0.1) is 0 Å². The van der Waals surface area contributed by atoms with Crippen molar-refractivity contribution in [2.24, 2.45) is 0 Å². The summed E-state index contributed by atoms with van der Waals surface area (Å²) in [5.74, 6) is -1.26. The van der Waals surface area contributed by atoms with Crippen LogP contribution in [0.25, 0.3) is 0 Å². The molecule has 1 rings (SSSR count). The molecule has 0 spiro atoms. The number of carbonyl (C=O) groups excluding carboxylic acids is 1.